The number of carboxylic acid groups (broad SMARTS) is 2. The first-order valence-electron chi connectivity index (χ1n) is 10.8. The van der Waals surface area contributed by atoms with Crippen molar-refractivity contribution in [3.05, 3.63) is 77.8 Å². The van der Waals surface area contributed by atoms with Crippen LogP contribution in [-0.4, -0.2) is 45.3 Å². The molecule has 33 heavy (non-hydrogen) atoms. The molecular weight excluding hydrogens is 427 g/mol. The average Bonchev–Trinajstić information content (AvgIpc) is 3.20. The fourth-order valence-electron chi connectivity index (χ4n) is 3.90. The first kappa shape index (κ1) is 24.1. The van der Waals surface area contributed by atoms with Crippen LogP contribution in [0.15, 0.2) is 65.2 Å². The number of benzene rings is 2. The van der Waals surface area contributed by atoms with Gasteiger partial charge in [0.05, 0.1) is 5.69 Å². The van der Waals surface area contributed by atoms with E-state index in [1.165, 1.54) is 30.5 Å². The minimum atomic E-state index is -1.26. The summed E-state index contributed by atoms with van der Waals surface area (Å²) in [5.41, 5.74) is 2.90. The molecule has 1 saturated heterocycles. The highest BCUT2D eigenvalue weighted by molar-refractivity contribution is 5.89. The van der Waals surface area contributed by atoms with E-state index in [0.29, 0.717) is 17.7 Å². The fraction of sp³-hybridized carbons (Fsp3) is 0.320. The first-order valence-corrected chi connectivity index (χ1v) is 10.8. The van der Waals surface area contributed by atoms with Gasteiger partial charge in [0.2, 0.25) is 0 Å². The molecule has 2 heterocycles. The summed E-state index contributed by atoms with van der Waals surface area (Å²) in [6.45, 7) is 3.36. The molecule has 2 aromatic carbocycles. The Morgan fingerprint density at radius 1 is 1.06 bits per heavy atom. The normalized spacial score (nSPS) is 14.8. The number of fused-ring (bicyclic) bond motifs is 1. The minimum Gasteiger partial charge on any atom is -0.478 e. The summed E-state index contributed by atoms with van der Waals surface area (Å²) in [7, 11) is 0. The smallest absolute Gasteiger partial charge is 0.328 e. The van der Waals surface area contributed by atoms with Crippen LogP contribution in [0.25, 0.3) is 11.0 Å². The summed E-state index contributed by atoms with van der Waals surface area (Å²) in [4.78, 5) is 21.6. The summed E-state index contributed by atoms with van der Waals surface area (Å²) >= 11 is 0. The molecule has 0 radical (unpaired) electrons. The first-order chi connectivity index (χ1) is 15.9. The van der Waals surface area contributed by atoms with E-state index >= 15 is 0 Å². The Hall–Kier alpha value is -3.52. The number of piperidine rings is 1. The number of carboxylic acids is 2. The van der Waals surface area contributed by atoms with Gasteiger partial charge < -0.3 is 14.7 Å². The lowest BCUT2D eigenvalue weighted by atomic mass is 9.91. The van der Waals surface area contributed by atoms with Gasteiger partial charge in [0, 0.05) is 30.1 Å². The molecule has 7 nitrogen and oxygen atoms in total. The predicted molar refractivity (Wildman–Crippen MR) is 121 cm³/mol. The monoisotopic (exact) mass is 454 g/mol. The molecule has 0 amide bonds. The number of hydrogen-bond acceptors (Lipinski definition) is 5. The number of aryl methyl sites for hydroxylation is 1. The zero-order chi connectivity index (χ0) is 23.6. The Morgan fingerprint density at radius 3 is 2.36 bits per heavy atom. The predicted octanol–water partition coefficient (Wildman–Crippen LogP) is 4.52. The summed E-state index contributed by atoms with van der Waals surface area (Å²) in [6, 6.07) is 15.3. The van der Waals surface area contributed by atoms with Gasteiger partial charge in [0.25, 0.3) is 0 Å². The topological polar surface area (TPSA) is 104 Å². The van der Waals surface area contributed by atoms with E-state index in [2.05, 4.69) is 40.4 Å². The van der Waals surface area contributed by atoms with Crippen LogP contribution in [0.3, 0.4) is 0 Å². The van der Waals surface area contributed by atoms with Gasteiger partial charge in [-0.3, -0.25) is 4.90 Å². The number of rotatable bonds is 7. The molecule has 1 aliphatic heterocycles. The Bertz CT molecular complexity index is 1070. The third-order valence-corrected chi connectivity index (χ3v) is 5.62. The number of likely N-dealkylation sites (tertiary alicyclic amines) is 1. The van der Waals surface area contributed by atoms with Crippen molar-refractivity contribution in [1.29, 1.82) is 0 Å². The number of nitrogens with zero attached hydrogens (tertiary/aromatic N) is 2. The fourth-order valence-corrected chi connectivity index (χ4v) is 3.90. The molecule has 1 aromatic heterocycles. The van der Waals surface area contributed by atoms with Crippen LogP contribution < -0.4 is 0 Å². The van der Waals surface area contributed by atoms with Crippen molar-refractivity contribution < 1.29 is 28.7 Å². The van der Waals surface area contributed by atoms with Crippen LogP contribution in [0.5, 0.6) is 0 Å². The molecule has 0 spiro atoms. The molecule has 0 saturated carbocycles. The molecule has 3 aromatic rings. The molecule has 0 atom stereocenters. The van der Waals surface area contributed by atoms with Gasteiger partial charge >= 0.3 is 11.9 Å². The van der Waals surface area contributed by atoms with Crippen LogP contribution in [0.2, 0.25) is 0 Å². The van der Waals surface area contributed by atoms with Gasteiger partial charge in [-0.05, 0) is 62.4 Å². The number of aromatic nitrogens is 1. The summed E-state index contributed by atoms with van der Waals surface area (Å²) in [6.07, 6.45) is 5.61. The molecule has 0 bridgehead atoms. The Kier molecular flexibility index (Phi) is 8.71. The summed E-state index contributed by atoms with van der Waals surface area (Å²) < 4.78 is 18.5. The van der Waals surface area contributed by atoms with Gasteiger partial charge in [0.1, 0.15) is 5.82 Å². The van der Waals surface area contributed by atoms with E-state index in [4.69, 9.17) is 14.7 Å². The van der Waals surface area contributed by atoms with Crippen molar-refractivity contribution in [3.63, 3.8) is 0 Å². The molecule has 4 rings (SSSR count). The van der Waals surface area contributed by atoms with E-state index in [1.54, 1.807) is 6.07 Å². The van der Waals surface area contributed by atoms with Gasteiger partial charge in [-0.2, -0.15) is 0 Å². The van der Waals surface area contributed by atoms with Gasteiger partial charge in [-0.15, -0.1) is 0 Å². The number of hydrogen-bond donors (Lipinski definition) is 2. The third kappa shape index (κ3) is 7.84. The van der Waals surface area contributed by atoms with E-state index in [0.717, 1.165) is 49.5 Å². The lowest BCUT2D eigenvalue weighted by molar-refractivity contribution is -0.134. The zero-order valence-corrected chi connectivity index (χ0v) is 18.2. The highest BCUT2D eigenvalue weighted by Crippen LogP contribution is 2.26. The average molecular weight is 454 g/mol. The van der Waals surface area contributed by atoms with Crippen molar-refractivity contribution in [2.75, 3.05) is 13.1 Å². The summed E-state index contributed by atoms with van der Waals surface area (Å²) in [5.74, 6) is -2.06. The quantitative estimate of drug-likeness (QED) is 0.506. The van der Waals surface area contributed by atoms with E-state index < -0.39 is 11.9 Å². The van der Waals surface area contributed by atoms with Crippen LogP contribution in [-0.2, 0) is 22.6 Å². The minimum absolute atomic E-state index is 0.277. The largest absolute Gasteiger partial charge is 0.478 e. The van der Waals surface area contributed by atoms with Crippen LogP contribution in [0.4, 0.5) is 4.39 Å². The van der Waals surface area contributed by atoms with Crippen molar-refractivity contribution in [2.45, 2.75) is 32.2 Å². The Balaban J connectivity index is 0.000000331. The van der Waals surface area contributed by atoms with Crippen molar-refractivity contribution >= 4 is 22.9 Å². The lowest BCUT2D eigenvalue weighted by Crippen LogP contribution is -2.33. The lowest BCUT2D eigenvalue weighted by Gasteiger charge is -2.31. The van der Waals surface area contributed by atoms with Crippen molar-refractivity contribution in [2.24, 2.45) is 5.92 Å². The number of halogens is 1. The molecular formula is C25H27FN2O5. The SMILES string of the molecule is Fc1ccc2c(CCC3CCN(Cc4ccccc4)CC3)noc2c1.O=C(O)/C=C\C(=O)O. The highest BCUT2D eigenvalue weighted by Gasteiger charge is 2.20. The van der Waals surface area contributed by atoms with E-state index in [1.807, 2.05) is 0 Å². The van der Waals surface area contributed by atoms with E-state index in [-0.39, 0.29) is 5.82 Å². The standard InChI is InChI=1S/C21H23FN2O.C4H4O4/c22-18-7-8-19-20(23-25-21(19)14-18)9-6-16-10-12-24(13-11-16)15-17-4-2-1-3-5-17;5-3(6)1-2-4(7)8/h1-5,7-8,14,16H,6,9-13,15H2;1-2H,(H,5,6)(H,7,8)/b;2-1-. The van der Waals surface area contributed by atoms with Crippen LogP contribution >= 0.6 is 0 Å². The van der Waals surface area contributed by atoms with Crippen LogP contribution in [0.1, 0.15) is 30.5 Å². The molecule has 2 N–H and O–H groups in total. The highest BCUT2D eigenvalue weighted by atomic mass is 19.1. The van der Waals surface area contributed by atoms with Gasteiger partial charge in [0.15, 0.2) is 5.58 Å². The van der Waals surface area contributed by atoms with Gasteiger partial charge in [-0.25, -0.2) is 14.0 Å². The zero-order valence-electron chi connectivity index (χ0n) is 18.2. The maximum absolute atomic E-state index is 13.2. The van der Waals surface area contributed by atoms with Crippen LogP contribution in [0, 0.1) is 11.7 Å². The van der Waals surface area contributed by atoms with Crippen molar-refractivity contribution in [3.8, 4) is 0 Å². The molecule has 174 valence electrons. The molecule has 1 fully saturated rings. The Labute approximate surface area is 191 Å². The second-order valence-electron chi connectivity index (χ2n) is 8.02. The summed E-state index contributed by atoms with van der Waals surface area (Å²) in [5, 5.41) is 20.7. The third-order valence-electron chi connectivity index (χ3n) is 5.62. The molecule has 8 heteroatoms. The van der Waals surface area contributed by atoms with Gasteiger partial charge in [-0.1, -0.05) is 35.5 Å². The maximum Gasteiger partial charge on any atom is 0.328 e. The Morgan fingerprint density at radius 2 is 1.73 bits per heavy atom. The van der Waals surface area contributed by atoms with Crippen molar-refractivity contribution in [1.82, 2.24) is 10.1 Å². The maximum atomic E-state index is 13.2. The second-order valence-corrected chi connectivity index (χ2v) is 8.02. The number of aliphatic carboxylic acids is 2. The molecule has 0 unspecified atom stereocenters. The van der Waals surface area contributed by atoms with E-state index in [9.17, 15) is 14.0 Å². The molecule has 0 aliphatic carbocycles. The second kappa shape index (κ2) is 11.9. The molecule has 1 aliphatic rings. The number of carbonyl (C=O) groups is 2.